The molecule has 1 unspecified atom stereocenters. The average molecular weight is 251 g/mol. The summed E-state index contributed by atoms with van der Waals surface area (Å²) in [4.78, 5) is 28.0. The molecule has 0 aromatic carbocycles. The van der Waals surface area contributed by atoms with Crippen LogP contribution in [0.4, 0.5) is 0 Å². The molecule has 1 atom stereocenters. The molecule has 0 bridgehead atoms. The van der Waals surface area contributed by atoms with Gasteiger partial charge in [0.2, 0.25) is 0 Å². The third kappa shape index (κ3) is 1.76. The third-order valence-electron chi connectivity index (χ3n) is 3.18. The molecule has 0 amide bonds. The minimum Gasteiger partial charge on any atom is -0.323 e. The minimum absolute atomic E-state index is 0.212. The zero-order chi connectivity index (χ0) is 13.4. The highest BCUT2D eigenvalue weighted by Crippen LogP contribution is 2.06. The topological polar surface area (TPSA) is 73.8 Å². The number of rotatable bonds is 3. The van der Waals surface area contributed by atoms with Crippen LogP contribution in [0.25, 0.3) is 11.2 Å². The Morgan fingerprint density at radius 2 is 2.00 bits per heavy atom. The maximum Gasteiger partial charge on any atom is 0.332 e. The van der Waals surface area contributed by atoms with E-state index in [1.165, 1.54) is 11.6 Å². The number of nitrogens with one attached hydrogen (secondary N) is 1. The molecule has 7 heteroatoms. The summed E-state index contributed by atoms with van der Waals surface area (Å²) in [6.45, 7) is 2.64. The van der Waals surface area contributed by atoms with Gasteiger partial charge in [-0.15, -0.1) is 0 Å². The highest BCUT2D eigenvalue weighted by atomic mass is 16.2. The van der Waals surface area contributed by atoms with E-state index >= 15 is 0 Å². The smallest absolute Gasteiger partial charge is 0.323 e. The monoisotopic (exact) mass is 251 g/mol. The van der Waals surface area contributed by atoms with Gasteiger partial charge in [0.15, 0.2) is 11.2 Å². The van der Waals surface area contributed by atoms with Gasteiger partial charge in [0.1, 0.15) is 0 Å². The van der Waals surface area contributed by atoms with E-state index in [1.807, 2.05) is 14.0 Å². The first-order chi connectivity index (χ1) is 8.47. The number of imidazole rings is 1. The second kappa shape index (κ2) is 4.41. The van der Waals surface area contributed by atoms with Crippen molar-refractivity contribution in [3.05, 3.63) is 27.2 Å². The number of aryl methyl sites for hydroxylation is 1. The Hall–Kier alpha value is -1.89. The zero-order valence-corrected chi connectivity index (χ0v) is 11.0. The summed E-state index contributed by atoms with van der Waals surface area (Å²) in [7, 11) is 4.95. The van der Waals surface area contributed by atoms with Gasteiger partial charge < -0.3 is 9.88 Å². The summed E-state index contributed by atoms with van der Waals surface area (Å²) in [5, 5.41) is 3.10. The van der Waals surface area contributed by atoms with Gasteiger partial charge in [-0.2, -0.15) is 0 Å². The lowest BCUT2D eigenvalue weighted by Crippen LogP contribution is -2.38. The summed E-state index contributed by atoms with van der Waals surface area (Å²) in [5.74, 6) is 0. The summed E-state index contributed by atoms with van der Waals surface area (Å²) >= 11 is 0. The van der Waals surface area contributed by atoms with Crippen molar-refractivity contribution in [3.63, 3.8) is 0 Å². The van der Waals surface area contributed by atoms with E-state index < -0.39 is 0 Å². The van der Waals surface area contributed by atoms with Crippen molar-refractivity contribution in [2.45, 2.75) is 19.5 Å². The number of hydrogen-bond acceptors (Lipinski definition) is 4. The SMILES string of the molecule is CNC(C)Cn1cnc2c1c(=O)n(C)c(=O)n2C. The largest absolute Gasteiger partial charge is 0.332 e. The van der Waals surface area contributed by atoms with Crippen molar-refractivity contribution >= 4 is 11.2 Å². The molecule has 1 N–H and O–H groups in total. The summed E-state index contributed by atoms with van der Waals surface area (Å²) in [6.07, 6.45) is 1.60. The zero-order valence-electron chi connectivity index (χ0n) is 11.0. The predicted molar refractivity (Wildman–Crippen MR) is 68.7 cm³/mol. The Bertz CT molecular complexity index is 694. The molecule has 7 nitrogen and oxygen atoms in total. The first-order valence-corrected chi connectivity index (χ1v) is 5.75. The Kier molecular flexibility index (Phi) is 3.08. The molecule has 0 fully saturated rings. The van der Waals surface area contributed by atoms with E-state index in [4.69, 9.17) is 0 Å². The van der Waals surface area contributed by atoms with Gasteiger partial charge in [-0.3, -0.25) is 13.9 Å². The van der Waals surface area contributed by atoms with Crippen LogP contribution in [0.1, 0.15) is 6.92 Å². The number of fused-ring (bicyclic) bond motifs is 1. The van der Waals surface area contributed by atoms with Crippen LogP contribution in [0, 0.1) is 0 Å². The highest BCUT2D eigenvalue weighted by Gasteiger charge is 2.14. The van der Waals surface area contributed by atoms with E-state index in [0.717, 1.165) is 4.57 Å². The van der Waals surface area contributed by atoms with Crippen molar-refractivity contribution in [3.8, 4) is 0 Å². The van der Waals surface area contributed by atoms with Crippen LogP contribution >= 0.6 is 0 Å². The number of likely N-dealkylation sites (N-methyl/N-ethyl adjacent to an activating group) is 1. The molecule has 0 radical (unpaired) electrons. The van der Waals surface area contributed by atoms with E-state index in [2.05, 4.69) is 10.3 Å². The van der Waals surface area contributed by atoms with Gasteiger partial charge in [0, 0.05) is 26.7 Å². The standard InChI is InChI=1S/C11H17N5O2/c1-7(12-2)5-16-6-13-9-8(16)10(17)15(4)11(18)14(9)3/h6-7,12H,5H2,1-4H3. The fourth-order valence-corrected chi connectivity index (χ4v) is 1.92. The van der Waals surface area contributed by atoms with Crippen molar-refractivity contribution in [2.75, 3.05) is 7.05 Å². The van der Waals surface area contributed by atoms with Gasteiger partial charge in [0.25, 0.3) is 5.56 Å². The molecule has 0 saturated carbocycles. The van der Waals surface area contributed by atoms with Crippen LogP contribution in [0.2, 0.25) is 0 Å². The van der Waals surface area contributed by atoms with Crippen molar-refractivity contribution in [1.82, 2.24) is 24.0 Å². The second-order valence-corrected chi connectivity index (χ2v) is 4.46. The predicted octanol–water partition coefficient (Wildman–Crippen LogP) is -0.958. The number of nitrogens with zero attached hydrogens (tertiary/aromatic N) is 4. The molecule has 0 aliphatic rings. The first-order valence-electron chi connectivity index (χ1n) is 5.75. The van der Waals surface area contributed by atoms with E-state index in [1.54, 1.807) is 17.9 Å². The van der Waals surface area contributed by atoms with Gasteiger partial charge in [-0.05, 0) is 14.0 Å². The molecule has 18 heavy (non-hydrogen) atoms. The van der Waals surface area contributed by atoms with Crippen molar-refractivity contribution < 1.29 is 0 Å². The fourth-order valence-electron chi connectivity index (χ4n) is 1.92. The minimum atomic E-state index is -0.362. The highest BCUT2D eigenvalue weighted by molar-refractivity contribution is 5.69. The lowest BCUT2D eigenvalue weighted by molar-refractivity contribution is 0.521. The van der Waals surface area contributed by atoms with Gasteiger partial charge in [-0.1, -0.05) is 0 Å². The molecule has 2 aromatic heterocycles. The molecule has 0 saturated heterocycles. The Morgan fingerprint density at radius 1 is 1.33 bits per heavy atom. The summed E-state index contributed by atoms with van der Waals surface area (Å²) in [6, 6.07) is 0.212. The van der Waals surface area contributed by atoms with Crippen LogP contribution in [-0.4, -0.2) is 31.8 Å². The Labute approximate surface area is 104 Å². The van der Waals surface area contributed by atoms with Crippen LogP contribution in [0.3, 0.4) is 0 Å². The molecule has 2 rings (SSSR count). The molecule has 0 aliphatic carbocycles. The van der Waals surface area contributed by atoms with Crippen molar-refractivity contribution in [2.24, 2.45) is 14.1 Å². The number of hydrogen-bond donors (Lipinski definition) is 1. The molecule has 0 aliphatic heterocycles. The normalized spacial score (nSPS) is 13.1. The molecular formula is C11H17N5O2. The summed E-state index contributed by atoms with van der Waals surface area (Å²) in [5.41, 5.74) is 0.210. The average Bonchev–Trinajstić information content (AvgIpc) is 2.77. The lowest BCUT2D eigenvalue weighted by Gasteiger charge is -2.11. The number of aromatic nitrogens is 4. The Morgan fingerprint density at radius 3 is 2.61 bits per heavy atom. The van der Waals surface area contributed by atoms with E-state index in [0.29, 0.717) is 17.7 Å². The molecule has 0 spiro atoms. The van der Waals surface area contributed by atoms with Crippen molar-refractivity contribution in [1.29, 1.82) is 0 Å². The maximum atomic E-state index is 12.1. The quantitative estimate of drug-likeness (QED) is 0.762. The van der Waals surface area contributed by atoms with Crippen LogP contribution < -0.4 is 16.6 Å². The van der Waals surface area contributed by atoms with E-state index in [9.17, 15) is 9.59 Å². The first kappa shape index (κ1) is 12.6. The lowest BCUT2D eigenvalue weighted by atomic mass is 10.3. The Balaban J connectivity index is 2.74. The molecule has 2 heterocycles. The van der Waals surface area contributed by atoms with Crippen LogP contribution in [-0.2, 0) is 20.6 Å². The summed E-state index contributed by atoms with van der Waals surface area (Å²) < 4.78 is 4.26. The van der Waals surface area contributed by atoms with Crippen LogP contribution in [0.15, 0.2) is 15.9 Å². The molecule has 98 valence electrons. The third-order valence-corrected chi connectivity index (χ3v) is 3.18. The molecular weight excluding hydrogens is 234 g/mol. The second-order valence-electron chi connectivity index (χ2n) is 4.46. The maximum absolute atomic E-state index is 12.1. The fraction of sp³-hybridized carbons (Fsp3) is 0.545. The van der Waals surface area contributed by atoms with Gasteiger partial charge in [0.05, 0.1) is 6.33 Å². The van der Waals surface area contributed by atoms with Gasteiger partial charge >= 0.3 is 5.69 Å². The van der Waals surface area contributed by atoms with Gasteiger partial charge in [-0.25, -0.2) is 9.78 Å². The van der Waals surface area contributed by atoms with Crippen LogP contribution in [0.5, 0.6) is 0 Å². The van der Waals surface area contributed by atoms with E-state index in [-0.39, 0.29) is 17.3 Å². The molecule has 2 aromatic rings.